The van der Waals surface area contributed by atoms with E-state index in [1.54, 1.807) is 7.11 Å². The monoisotopic (exact) mass is 371 g/mol. The normalized spacial score (nSPS) is 27.9. The van der Waals surface area contributed by atoms with Crippen LogP contribution in [0.1, 0.15) is 56.4 Å². The first kappa shape index (κ1) is 18.5. The number of aromatic nitrogens is 1. The summed E-state index contributed by atoms with van der Waals surface area (Å²) in [5, 5.41) is 17.7. The molecule has 1 saturated carbocycles. The van der Waals surface area contributed by atoms with Gasteiger partial charge in [-0.15, -0.1) is 0 Å². The Kier molecular flexibility index (Phi) is 5.76. The van der Waals surface area contributed by atoms with Crippen molar-refractivity contribution in [2.45, 2.75) is 57.1 Å². The van der Waals surface area contributed by atoms with Gasteiger partial charge in [-0.2, -0.15) is 0 Å². The molecule has 2 heterocycles. The van der Waals surface area contributed by atoms with Crippen LogP contribution in [0.3, 0.4) is 0 Å². The van der Waals surface area contributed by atoms with E-state index in [1.807, 2.05) is 12.3 Å². The molecule has 1 saturated heterocycles. The molecule has 0 spiro atoms. The summed E-state index contributed by atoms with van der Waals surface area (Å²) in [4.78, 5) is 3.38. The number of hydroxylamine groups is 1. The van der Waals surface area contributed by atoms with Gasteiger partial charge in [0.2, 0.25) is 6.23 Å². The first-order chi connectivity index (χ1) is 13.2. The largest absolute Gasteiger partial charge is 0.604 e. The maximum absolute atomic E-state index is 12.3. The van der Waals surface area contributed by atoms with Crippen molar-refractivity contribution in [1.82, 2.24) is 4.98 Å². The van der Waals surface area contributed by atoms with Crippen LogP contribution in [0.15, 0.2) is 29.5 Å². The predicted octanol–water partition coefficient (Wildman–Crippen LogP) is 3.35. The summed E-state index contributed by atoms with van der Waals surface area (Å²) >= 11 is 0. The first-order valence-corrected chi connectivity index (χ1v) is 10.1. The van der Waals surface area contributed by atoms with Crippen LogP contribution in [0.25, 0.3) is 10.9 Å². The number of benzene rings is 1. The van der Waals surface area contributed by atoms with Crippen LogP contribution in [-0.2, 0) is 4.74 Å². The summed E-state index contributed by atoms with van der Waals surface area (Å²) in [6, 6.07) is 6.17. The second kappa shape index (κ2) is 8.42. The number of H-pyrrole nitrogens is 1. The van der Waals surface area contributed by atoms with Crippen molar-refractivity contribution in [3.8, 4) is 5.75 Å². The number of hydrogen-bond donors (Lipinski definition) is 2. The van der Waals surface area contributed by atoms with Crippen molar-refractivity contribution >= 4 is 17.1 Å². The molecule has 0 radical (unpaired) electrons. The molecule has 27 heavy (non-hydrogen) atoms. The highest BCUT2D eigenvalue weighted by Crippen LogP contribution is 2.39. The fourth-order valence-electron chi connectivity index (χ4n) is 4.43. The minimum absolute atomic E-state index is 0.103. The third kappa shape index (κ3) is 4.18. The van der Waals surface area contributed by atoms with E-state index in [9.17, 15) is 5.21 Å². The molecule has 2 aromatic rings. The van der Waals surface area contributed by atoms with Gasteiger partial charge in [0.05, 0.1) is 19.9 Å². The second-order valence-corrected chi connectivity index (χ2v) is 7.75. The number of quaternary nitrogens is 1. The number of nitrogens with one attached hydrogen (secondary N) is 2. The molecule has 4 atom stereocenters. The van der Waals surface area contributed by atoms with Crippen LogP contribution in [0.4, 0.5) is 0 Å². The van der Waals surface area contributed by atoms with Crippen molar-refractivity contribution in [2.75, 3.05) is 13.7 Å². The minimum atomic E-state index is -0.324. The molecule has 0 bridgehead atoms. The maximum Gasteiger partial charge on any atom is 0.215 e. The van der Waals surface area contributed by atoms with E-state index < -0.39 is 0 Å². The summed E-state index contributed by atoms with van der Waals surface area (Å²) in [7, 11) is 1.70. The van der Waals surface area contributed by atoms with Crippen LogP contribution in [0, 0.1) is 11.1 Å². The first-order valence-electron chi connectivity index (χ1n) is 10.1. The predicted molar refractivity (Wildman–Crippen MR) is 106 cm³/mol. The van der Waals surface area contributed by atoms with Gasteiger partial charge in [-0.3, -0.25) is 0 Å². The van der Waals surface area contributed by atoms with Crippen molar-refractivity contribution in [3.63, 3.8) is 0 Å². The molecule has 2 fully saturated rings. The summed E-state index contributed by atoms with van der Waals surface area (Å²) in [6.07, 6.45) is 11.1. The lowest BCUT2D eigenvalue weighted by Crippen LogP contribution is -3.07. The smallest absolute Gasteiger partial charge is 0.215 e. The molecule has 2 unspecified atom stereocenters. The third-order valence-electron chi connectivity index (χ3n) is 5.94. The molecule has 6 heteroatoms. The Morgan fingerprint density at radius 2 is 2.19 bits per heavy atom. The average Bonchev–Trinajstić information content (AvgIpc) is 3.16. The minimum Gasteiger partial charge on any atom is -0.604 e. The standard InChI is InChI=1S/C21H29N3O3/c1-26-17-8-9-20-18(12-17)19(14-22-20)16-6-4-5-15(11-16)13-23-24(25)21-7-2-3-10-27-21/h8-9,12-16,21-22,24H,2-7,10-11H2,1H3/b23-13+/t15?,16-,21+/m1/s1. The highest BCUT2D eigenvalue weighted by Gasteiger charge is 2.25. The molecule has 146 valence electrons. The van der Waals surface area contributed by atoms with Crippen LogP contribution in [-0.4, -0.2) is 31.1 Å². The topological polar surface area (TPSA) is 74.1 Å². The summed E-state index contributed by atoms with van der Waals surface area (Å²) in [6.45, 7) is 0.682. The highest BCUT2D eigenvalue weighted by atomic mass is 16.6. The fraction of sp³-hybridized carbons (Fsp3) is 0.571. The lowest BCUT2D eigenvalue weighted by atomic mass is 9.78. The molecular weight excluding hydrogens is 342 g/mol. The zero-order valence-corrected chi connectivity index (χ0v) is 15.9. The van der Waals surface area contributed by atoms with Gasteiger partial charge in [-0.05, 0) is 61.8 Å². The molecular formula is C21H29N3O3. The Hall–Kier alpha value is -1.89. The molecule has 1 aromatic heterocycles. The number of methoxy groups -OCH3 is 1. The molecule has 1 aromatic carbocycles. The van der Waals surface area contributed by atoms with E-state index in [1.165, 1.54) is 17.4 Å². The molecule has 6 nitrogen and oxygen atoms in total. The van der Waals surface area contributed by atoms with Crippen LogP contribution in [0.5, 0.6) is 5.75 Å². The number of nitrogens with zero attached hydrogens (tertiary/aromatic N) is 1. The van der Waals surface area contributed by atoms with Crippen LogP contribution in [0.2, 0.25) is 0 Å². The summed E-state index contributed by atoms with van der Waals surface area (Å²) < 4.78 is 10.9. The Morgan fingerprint density at radius 1 is 1.26 bits per heavy atom. The number of rotatable bonds is 5. The van der Waals surface area contributed by atoms with Crippen LogP contribution >= 0.6 is 0 Å². The molecule has 0 amide bonds. The average molecular weight is 371 g/mol. The van der Waals surface area contributed by atoms with E-state index in [0.29, 0.717) is 18.4 Å². The molecule has 2 N–H and O–H groups in total. The van der Waals surface area contributed by atoms with Crippen molar-refractivity contribution < 1.29 is 14.6 Å². The third-order valence-corrected chi connectivity index (χ3v) is 5.94. The lowest BCUT2D eigenvalue weighted by molar-refractivity contribution is -0.909. The van der Waals surface area contributed by atoms with Gasteiger partial charge in [0.25, 0.3) is 0 Å². The summed E-state index contributed by atoms with van der Waals surface area (Å²) in [5.74, 6) is 1.72. The molecule has 2 aliphatic rings. The van der Waals surface area contributed by atoms with Gasteiger partial charge in [0.1, 0.15) is 5.75 Å². The van der Waals surface area contributed by atoms with E-state index in [2.05, 4.69) is 28.4 Å². The molecule has 1 aliphatic carbocycles. The zero-order valence-electron chi connectivity index (χ0n) is 15.9. The van der Waals surface area contributed by atoms with Gasteiger partial charge >= 0.3 is 0 Å². The molecule has 1 aliphatic heterocycles. The van der Waals surface area contributed by atoms with Crippen LogP contribution < -0.4 is 9.91 Å². The number of aromatic amines is 1. The van der Waals surface area contributed by atoms with Gasteiger partial charge in [-0.25, -0.2) is 5.17 Å². The number of fused-ring (bicyclic) bond motifs is 1. The lowest BCUT2D eigenvalue weighted by Gasteiger charge is -2.30. The highest BCUT2D eigenvalue weighted by molar-refractivity contribution is 5.85. The van der Waals surface area contributed by atoms with Crippen molar-refractivity contribution in [3.05, 3.63) is 35.2 Å². The summed E-state index contributed by atoms with van der Waals surface area (Å²) in [5.41, 5.74) is 2.50. The van der Waals surface area contributed by atoms with Gasteiger partial charge in [0, 0.05) is 29.4 Å². The Balaban J connectivity index is 1.44. The number of hydrogen-bond acceptors (Lipinski definition) is 4. The van der Waals surface area contributed by atoms with E-state index in [0.717, 1.165) is 49.8 Å². The Morgan fingerprint density at radius 3 is 3.00 bits per heavy atom. The van der Waals surface area contributed by atoms with Crippen molar-refractivity contribution in [2.24, 2.45) is 11.0 Å². The van der Waals surface area contributed by atoms with E-state index in [4.69, 9.17) is 9.47 Å². The fourth-order valence-corrected chi connectivity index (χ4v) is 4.43. The number of ether oxygens (including phenoxy) is 2. The quantitative estimate of drug-likeness (QED) is 0.625. The van der Waals surface area contributed by atoms with Gasteiger partial charge < -0.3 is 19.7 Å². The maximum atomic E-state index is 12.3. The molecule has 4 rings (SSSR count). The van der Waals surface area contributed by atoms with Crippen molar-refractivity contribution in [1.29, 1.82) is 0 Å². The SMILES string of the molecule is COc1ccc2[nH]cc([C@@H]3CCCC(/C=N/[NH+]([O-])[C@@H]4CCCCO4)C3)c2c1. The Bertz CT molecular complexity index is 782. The van der Waals surface area contributed by atoms with Gasteiger partial charge in [-0.1, -0.05) is 11.5 Å². The van der Waals surface area contributed by atoms with Gasteiger partial charge in [0.15, 0.2) is 0 Å². The van der Waals surface area contributed by atoms with E-state index >= 15 is 0 Å². The second-order valence-electron chi connectivity index (χ2n) is 7.75. The van der Waals surface area contributed by atoms with E-state index in [-0.39, 0.29) is 11.4 Å². The zero-order chi connectivity index (χ0) is 18.6. The Labute approximate surface area is 160 Å².